The molecule has 0 amide bonds. The van der Waals surface area contributed by atoms with Crippen molar-refractivity contribution < 1.29 is 9.90 Å². The van der Waals surface area contributed by atoms with Gasteiger partial charge in [0.1, 0.15) is 0 Å². The van der Waals surface area contributed by atoms with Crippen LogP contribution >= 0.6 is 11.6 Å². The first-order valence-electron chi connectivity index (χ1n) is 6.64. The lowest BCUT2D eigenvalue weighted by Crippen LogP contribution is -1.99. The molecule has 112 valence electrons. The van der Waals surface area contributed by atoms with Gasteiger partial charge in [-0.05, 0) is 43.5 Å². The molecule has 4 nitrogen and oxygen atoms in total. The number of aliphatic imine (C=N–C) groups is 1. The third kappa shape index (κ3) is 3.80. The van der Waals surface area contributed by atoms with Gasteiger partial charge in [-0.3, -0.25) is 9.98 Å². The van der Waals surface area contributed by atoms with Crippen molar-refractivity contribution in [2.45, 2.75) is 13.3 Å². The van der Waals surface area contributed by atoms with Crippen LogP contribution in [-0.4, -0.2) is 22.8 Å². The zero-order chi connectivity index (χ0) is 16.1. The number of hydrogen-bond acceptors (Lipinski definition) is 3. The van der Waals surface area contributed by atoms with Gasteiger partial charge in [-0.25, -0.2) is 4.79 Å². The summed E-state index contributed by atoms with van der Waals surface area (Å²) < 4.78 is 0. The average Bonchev–Trinajstić information content (AvgIpc) is 2.50. The number of rotatable bonds is 5. The van der Waals surface area contributed by atoms with Crippen LogP contribution in [0.25, 0.3) is 10.9 Å². The standard InChI is InChI=1S/C17H15ClN2O2/c1-3-12(17(21)22)9-15(19-2)7-11-4-5-16-13(6-11)8-14(18)10-20-16/h3-6,8-10H,2,7H2,1H3,(H,21,22)/b12-3+,15-9-. The van der Waals surface area contributed by atoms with E-state index >= 15 is 0 Å². The molecule has 1 N–H and O–H groups in total. The van der Waals surface area contributed by atoms with E-state index in [1.165, 1.54) is 12.2 Å². The number of nitrogens with zero attached hydrogens (tertiary/aromatic N) is 2. The second-order valence-corrected chi connectivity index (χ2v) is 5.14. The van der Waals surface area contributed by atoms with E-state index in [4.69, 9.17) is 16.7 Å². The summed E-state index contributed by atoms with van der Waals surface area (Å²) in [5.41, 5.74) is 2.61. The van der Waals surface area contributed by atoms with Gasteiger partial charge in [0.2, 0.25) is 0 Å². The second-order valence-electron chi connectivity index (χ2n) is 4.70. The first kappa shape index (κ1) is 15.9. The average molecular weight is 315 g/mol. The Kier molecular flexibility index (Phi) is 5.07. The largest absolute Gasteiger partial charge is 0.478 e. The van der Waals surface area contributed by atoms with E-state index in [1.54, 1.807) is 13.1 Å². The van der Waals surface area contributed by atoms with Gasteiger partial charge in [0.15, 0.2) is 0 Å². The Morgan fingerprint density at radius 1 is 1.45 bits per heavy atom. The van der Waals surface area contributed by atoms with Crippen molar-refractivity contribution in [3.8, 4) is 0 Å². The maximum Gasteiger partial charge on any atom is 0.335 e. The number of aliphatic carboxylic acids is 1. The van der Waals surface area contributed by atoms with Crippen molar-refractivity contribution in [2.24, 2.45) is 4.99 Å². The molecule has 0 saturated carbocycles. The number of carbonyl (C=O) groups is 1. The fraction of sp³-hybridized carbons (Fsp3) is 0.118. The van der Waals surface area contributed by atoms with E-state index in [2.05, 4.69) is 16.7 Å². The monoisotopic (exact) mass is 314 g/mol. The van der Waals surface area contributed by atoms with Crippen LogP contribution in [0.3, 0.4) is 0 Å². The van der Waals surface area contributed by atoms with Crippen molar-refractivity contribution in [1.82, 2.24) is 4.98 Å². The minimum Gasteiger partial charge on any atom is -0.478 e. The smallest absolute Gasteiger partial charge is 0.335 e. The predicted octanol–water partition coefficient (Wildman–Crippen LogP) is 4.05. The highest BCUT2D eigenvalue weighted by atomic mass is 35.5. The highest BCUT2D eigenvalue weighted by Gasteiger charge is 2.06. The summed E-state index contributed by atoms with van der Waals surface area (Å²) in [6.07, 6.45) is 5.13. The zero-order valence-electron chi connectivity index (χ0n) is 12.1. The number of carboxylic acids is 1. The number of pyridine rings is 1. The molecule has 0 fully saturated rings. The van der Waals surface area contributed by atoms with Crippen LogP contribution in [0, 0.1) is 0 Å². The first-order chi connectivity index (χ1) is 10.5. The Morgan fingerprint density at radius 2 is 2.23 bits per heavy atom. The third-order valence-electron chi connectivity index (χ3n) is 3.18. The molecule has 1 aromatic heterocycles. The Hall–Kier alpha value is -2.46. The van der Waals surface area contributed by atoms with Gasteiger partial charge in [0.25, 0.3) is 0 Å². The van der Waals surface area contributed by atoms with Gasteiger partial charge >= 0.3 is 5.97 Å². The van der Waals surface area contributed by atoms with E-state index in [9.17, 15) is 4.79 Å². The van der Waals surface area contributed by atoms with E-state index in [-0.39, 0.29) is 5.57 Å². The third-order valence-corrected chi connectivity index (χ3v) is 3.39. The Labute approximate surface area is 133 Å². The van der Waals surface area contributed by atoms with Gasteiger partial charge in [-0.1, -0.05) is 23.7 Å². The highest BCUT2D eigenvalue weighted by Crippen LogP contribution is 2.20. The number of halogens is 1. The van der Waals surface area contributed by atoms with Crippen molar-refractivity contribution in [1.29, 1.82) is 0 Å². The molecule has 0 aliphatic carbocycles. The van der Waals surface area contributed by atoms with Crippen molar-refractivity contribution in [3.63, 3.8) is 0 Å². The number of fused-ring (bicyclic) bond motifs is 1. The molecule has 2 rings (SSSR count). The Bertz CT molecular complexity index is 794. The van der Waals surface area contributed by atoms with Crippen LogP contribution in [0.5, 0.6) is 0 Å². The Balaban J connectivity index is 2.33. The van der Waals surface area contributed by atoms with Gasteiger partial charge in [0.05, 0.1) is 16.1 Å². The molecule has 0 atom stereocenters. The van der Waals surface area contributed by atoms with Crippen molar-refractivity contribution in [2.75, 3.05) is 0 Å². The van der Waals surface area contributed by atoms with Crippen molar-refractivity contribution in [3.05, 3.63) is 64.5 Å². The first-order valence-corrected chi connectivity index (χ1v) is 7.02. The van der Waals surface area contributed by atoms with Crippen LogP contribution in [0.4, 0.5) is 0 Å². The van der Waals surface area contributed by atoms with Crippen LogP contribution in [-0.2, 0) is 11.2 Å². The molecule has 0 unspecified atom stereocenters. The molecule has 1 aromatic carbocycles. The molecule has 0 bridgehead atoms. The zero-order valence-corrected chi connectivity index (χ0v) is 12.8. The highest BCUT2D eigenvalue weighted by molar-refractivity contribution is 6.31. The van der Waals surface area contributed by atoms with E-state index in [0.29, 0.717) is 17.1 Å². The maximum absolute atomic E-state index is 11.0. The molecule has 5 heteroatoms. The molecule has 0 saturated heterocycles. The van der Waals surface area contributed by atoms with Gasteiger partial charge < -0.3 is 5.11 Å². The van der Waals surface area contributed by atoms with E-state index < -0.39 is 5.97 Å². The lowest BCUT2D eigenvalue weighted by Gasteiger charge is -2.05. The van der Waals surface area contributed by atoms with Gasteiger partial charge in [0, 0.05) is 23.7 Å². The summed E-state index contributed by atoms with van der Waals surface area (Å²) in [4.78, 5) is 19.2. The normalized spacial score (nSPS) is 12.5. The summed E-state index contributed by atoms with van der Waals surface area (Å²) in [6.45, 7) is 5.18. The maximum atomic E-state index is 11.0. The number of hydrogen-bond donors (Lipinski definition) is 1. The molecule has 0 radical (unpaired) electrons. The van der Waals surface area contributed by atoms with Gasteiger partial charge in [-0.15, -0.1) is 0 Å². The predicted molar refractivity (Wildman–Crippen MR) is 89.5 cm³/mol. The quantitative estimate of drug-likeness (QED) is 0.514. The molecule has 0 aliphatic heterocycles. The molecule has 22 heavy (non-hydrogen) atoms. The fourth-order valence-electron chi connectivity index (χ4n) is 2.07. The Morgan fingerprint density at radius 3 is 2.86 bits per heavy atom. The second kappa shape index (κ2) is 7.00. The van der Waals surface area contributed by atoms with Crippen LogP contribution < -0.4 is 0 Å². The topological polar surface area (TPSA) is 62.5 Å². The molecule has 1 heterocycles. The molecular weight excluding hydrogens is 300 g/mol. The number of carboxylic acid groups (broad SMARTS) is 1. The summed E-state index contributed by atoms with van der Waals surface area (Å²) in [7, 11) is 0. The number of allylic oxidation sites excluding steroid dienone is 2. The number of aromatic nitrogens is 1. The molecule has 0 aliphatic rings. The van der Waals surface area contributed by atoms with Crippen LogP contribution in [0.15, 0.2) is 58.9 Å². The lowest BCUT2D eigenvalue weighted by molar-refractivity contribution is -0.132. The molecule has 2 aromatic rings. The molecule has 0 spiro atoms. The van der Waals surface area contributed by atoms with Crippen LogP contribution in [0.1, 0.15) is 12.5 Å². The SMILES string of the molecule is C=N/C(=C\C(=C/C)C(=O)O)Cc1ccc2ncc(Cl)cc2c1. The van der Waals surface area contributed by atoms with Crippen LogP contribution in [0.2, 0.25) is 5.02 Å². The fourth-order valence-corrected chi connectivity index (χ4v) is 2.24. The minimum absolute atomic E-state index is 0.188. The lowest BCUT2D eigenvalue weighted by atomic mass is 10.1. The molecular formula is C17H15ClN2O2. The summed E-state index contributed by atoms with van der Waals surface area (Å²) in [6, 6.07) is 7.63. The van der Waals surface area contributed by atoms with E-state index in [1.807, 2.05) is 24.3 Å². The van der Waals surface area contributed by atoms with Crippen molar-refractivity contribution >= 4 is 35.2 Å². The summed E-state index contributed by atoms with van der Waals surface area (Å²) in [5.74, 6) is -0.988. The summed E-state index contributed by atoms with van der Waals surface area (Å²) in [5, 5.41) is 10.6. The number of benzene rings is 1. The summed E-state index contributed by atoms with van der Waals surface area (Å²) >= 11 is 5.95. The minimum atomic E-state index is -0.988. The van der Waals surface area contributed by atoms with Gasteiger partial charge in [-0.2, -0.15) is 0 Å². The van der Waals surface area contributed by atoms with E-state index in [0.717, 1.165) is 16.5 Å².